The number of alkyl halides is 1. The van der Waals surface area contributed by atoms with Crippen LogP contribution >= 0.6 is 15.9 Å². The van der Waals surface area contributed by atoms with Gasteiger partial charge in [-0.3, -0.25) is 0 Å². The second kappa shape index (κ2) is 6.87. The third-order valence-corrected chi connectivity index (χ3v) is 4.00. The lowest BCUT2D eigenvalue weighted by Gasteiger charge is -2.35. The van der Waals surface area contributed by atoms with Crippen molar-refractivity contribution in [3.63, 3.8) is 0 Å². The molecule has 0 amide bonds. The highest BCUT2D eigenvalue weighted by atomic mass is 79.9. The zero-order chi connectivity index (χ0) is 11.1. The van der Waals surface area contributed by atoms with E-state index in [-0.39, 0.29) is 5.60 Å². The van der Waals surface area contributed by atoms with Crippen molar-refractivity contribution in [1.82, 2.24) is 0 Å². The van der Waals surface area contributed by atoms with Gasteiger partial charge in [-0.15, -0.1) is 0 Å². The number of rotatable bonds is 6. The summed E-state index contributed by atoms with van der Waals surface area (Å²) in [4.78, 5) is 0. The monoisotopic (exact) mass is 278 g/mol. The molecule has 0 aliphatic carbocycles. The maximum atomic E-state index is 6.04. The summed E-state index contributed by atoms with van der Waals surface area (Å²) in [5.41, 5.74) is 0.0508. The number of halogens is 1. The summed E-state index contributed by atoms with van der Waals surface area (Å²) >= 11 is 3.57. The molecule has 1 fully saturated rings. The summed E-state index contributed by atoms with van der Waals surface area (Å²) in [6.07, 6.45) is 4.49. The molecule has 90 valence electrons. The minimum absolute atomic E-state index is 0.0508. The molecular formula is C12H23BrO2. The Labute approximate surface area is 102 Å². The molecule has 15 heavy (non-hydrogen) atoms. The predicted molar refractivity (Wildman–Crippen MR) is 66.6 cm³/mol. The van der Waals surface area contributed by atoms with Crippen molar-refractivity contribution in [3.8, 4) is 0 Å². The summed E-state index contributed by atoms with van der Waals surface area (Å²) in [7, 11) is 0. The van der Waals surface area contributed by atoms with Crippen LogP contribution in [-0.4, -0.2) is 30.8 Å². The Balaban J connectivity index is 2.20. The van der Waals surface area contributed by atoms with Crippen LogP contribution in [0.25, 0.3) is 0 Å². The molecule has 0 aromatic rings. The van der Waals surface area contributed by atoms with Crippen LogP contribution in [0.15, 0.2) is 0 Å². The Morgan fingerprint density at radius 3 is 2.53 bits per heavy atom. The van der Waals surface area contributed by atoms with E-state index < -0.39 is 0 Å². The molecule has 0 saturated carbocycles. The van der Waals surface area contributed by atoms with Crippen LogP contribution in [0.3, 0.4) is 0 Å². The molecule has 0 unspecified atom stereocenters. The van der Waals surface area contributed by atoms with Gasteiger partial charge in [-0.05, 0) is 18.8 Å². The standard InChI is InChI=1S/C12H23BrO2/c1-11(2)4-3-7-15-12(10-13)5-8-14-9-6-12/h11H,3-10H2,1-2H3. The highest BCUT2D eigenvalue weighted by molar-refractivity contribution is 9.09. The van der Waals surface area contributed by atoms with E-state index >= 15 is 0 Å². The molecule has 0 radical (unpaired) electrons. The van der Waals surface area contributed by atoms with Crippen LogP contribution in [0.4, 0.5) is 0 Å². The Bertz CT molecular complexity index is 165. The molecule has 1 rings (SSSR count). The third kappa shape index (κ3) is 4.83. The highest BCUT2D eigenvalue weighted by Crippen LogP contribution is 2.27. The zero-order valence-corrected chi connectivity index (χ0v) is 11.5. The lowest BCUT2D eigenvalue weighted by Crippen LogP contribution is -2.41. The fourth-order valence-corrected chi connectivity index (χ4v) is 2.56. The first-order chi connectivity index (χ1) is 7.18. The molecule has 1 saturated heterocycles. The molecule has 1 aliphatic heterocycles. The average Bonchev–Trinajstić information content (AvgIpc) is 2.26. The van der Waals surface area contributed by atoms with Crippen LogP contribution < -0.4 is 0 Å². The Morgan fingerprint density at radius 1 is 1.33 bits per heavy atom. The maximum Gasteiger partial charge on any atom is 0.0822 e. The van der Waals surface area contributed by atoms with E-state index in [4.69, 9.17) is 9.47 Å². The van der Waals surface area contributed by atoms with Gasteiger partial charge < -0.3 is 9.47 Å². The van der Waals surface area contributed by atoms with E-state index in [1.807, 2.05) is 0 Å². The normalized spacial score (nSPS) is 20.8. The van der Waals surface area contributed by atoms with Gasteiger partial charge in [0.2, 0.25) is 0 Å². The maximum absolute atomic E-state index is 6.04. The summed E-state index contributed by atoms with van der Waals surface area (Å²) < 4.78 is 11.4. The van der Waals surface area contributed by atoms with Crippen molar-refractivity contribution in [1.29, 1.82) is 0 Å². The second-order valence-corrected chi connectivity index (χ2v) is 5.37. The Morgan fingerprint density at radius 2 is 2.00 bits per heavy atom. The summed E-state index contributed by atoms with van der Waals surface area (Å²) in [6, 6.07) is 0. The number of ether oxygens (including phenoxy) is 2. The van der Waals surface area contributed by atoms with E-state index in [9.17, 15) is 0 Å². The van der Waals surface area contributed by atoms with Crippen LogP contribution in [0, 0.1) is 5.92 Å². The van der Waals surface area contributed by atoms with Gasteiger partial charge in [0.25, 0.3) is 0 Å². The molecule has 0 aromatic carbocycles. The molecule has 0 aromatic heterocycles. The fourth-order valence-electron chi connectivity index (χ4n) is 1.84. The van der Waals surface area contributed by atoms with Gasteiger partial charge in [-0.25, -0.2) is 0 Å². The lowest BCUT2D eigenvalue weighted by molar-refractivity contribution is -0.0962. The first kappa shape index (κ1) is 13.5. The van der Waals surface area contributed by atoms with Crippen molar-refractivity contribution in [3.05, 3.63) is 0 Å². The number of hydrogen-bond acceptors (Lipinski definition) is 2. The molecule has 0 spiro atoms. The van der Waals surface area contributed by atoms with Gasteiger partial charge in [0.15, 0.2) is 0 Å². The SMILES string of the molecule is CC(C)CCCOC1(CBr)CCOCC1. The largest absolute Gasteiger partial charge is 0.381 e. The van der Waals surface area contributed by atoms with Crippen LogP contribution in [-0.2, 0) is 9.47 Å². The van der Waals surface area contributed by atoms with Gasteiger partial charge in [-0.2, -0.15) is 0 Å². The van der Waals surface area contributed by atoms with Crippen LogP contribution in [0.2, 0.25) is 0 Å². The summed E-state index contributed by atoms with van der Waals surface area (Å²) in [6.45, 7) is 7.10. The van der Waals surface area contributed by atoms with Crippen molar-refractivity contribution in [2.75, 3.05) is 25.2 Å². The van der Waals surface area contributed by atoms with E-state index in [0.717, 1.165) is 43.9 Å². The van der Waals surface area contributed by atoms with Gasteiger partial charge in [-0.1, -0.05) is 29.8 Å². The Hall–Kier alpha value is 0.400. The minimum Gasteiger partial charge on any atom is -0.381 e. The Kier molecular flexibility index (Phi) is 6.17. The van der Waals surface area contributed by atoms with E-state index in [1.165, 1.54) is 12.8 Å². The first-order valence-corrected chi connectivity index (χ1v) is 7.08. The molecule has 0 atom stereocenters. The molecule has 1 heterocycles. The molecular weight excluding hydrogens is 256 g/mol. The van der Waals surface area contributed by atoms with E-state index in [2.05, 4.69) is 29.8 Å². The zero-order valence-electron chi connectivity index (χ0n) is 9.93. The van der Waals surface area contributed by atoms with Crippen LogP contribution in [0.5, 0.6) is 0 Å². The van der Waals surface area contributed by atoms with Crippen LogP contribution in [0.1, 0.15) is 39.5 Å². The molecule has 0 bridgehead atoms. The molecule has 2 nitrogen and oxygen atoms in total. The topological polar surface area (TPSA) is 18.5 Å². The number of hydrogen-bond donors (Lipinski definition) is 0. The van der Waals surface area contributed by atoms with Gasteiger partial charge >= 0.3 is 0 Å². The minimum atomic E-state index is 0.0508. The average molecular weight is 279 g/mol. The molecule has 0 N–H and O–H groups in total. The lowest BCUT2D eigenvalue weighted by atomic mass is 9.96. The second-order valence-electron chi connectivity index (χ2n) is 4.81. The quantitative estimate of drug-likeness (QED) is 0.548. The first-order valence-electron chi connectivity index (χ1n) is 5.96. The smallest absolute Gasteiger partial charge is 0.0822 e. The van der Waals surface area contributed by atoms with Gasteiger partial charge in [0.1, 0.15) is 0 Å². The van der Waals surface area contributed by atoms with Crippen molar-refractivity contribution >= 4 is 15.9 Å². The van der Waals surface area contributed by atoms with Crippen molar-refractivity contribution < 1.29 is 9.47 Å². The van der Waals surface area contributed by atoms with Gasteiger partial charge in [0, 0.05) is 38.0 Å². The van der Waals surface area contributed by atoms with E-state index in [0.29, 0.717) is 0 Å². The fraction of sp³-hybridized carbons (Fsp3) is 1.00. The van der Waals surface area contributed by atoms with Crippen molar-refractivity contribution in [2.24, 2.45) is 5.92 Å². The van der Waals surface area contributed by atoms with Gasteiger partial charge in [0.05, 0.1) is 5.60 Å². The van der Waals surface area contributed by atoms with Crippen molar-refractivity contribution in [2.45, 2.75) is 45.1 Å². The predicted octanol–water partition coefficient (Wildman–Crippen LogP) is 3.38. The van der Waals surface area contributed by atoms with E-state index in [1.54, 1.807) is 0 Å². The summed E-state index contributed by atoms with van der Waals surface area (Å²) in [5.74, 6) is 0.781. The third-order valence-electron chi connectivity index (χ3n) is 2.98. The molecule has 1 aliphatic rings. The highest BCUT2D eigenvalue weighted by Gasteiger charge is 2.32. The molecule has 3 heteroatoms. The summed E-state index contributed by atoms with van der Waals surface area (Å²) in [5, 5.41) is 0.936.